The van der Waals surface area contributed by atoms with E-state index in [-0.39, 0.29) is 29.3 Å². The zero-order valence-corrected chi connectivity index (χ0v) is 32.3. The van der Waals surface area contributed by atoms with E-state index in [1.54, 1.807) is 54.6 Å². The van der Waals surface area contributed by atoms with E-state index in [1.807, 2.05) is 6.08 Å². The van der Waals surface area contributed by atoms with E-state index >= 15 is 4.79 Å². The number of phenolic OH excluding ortho intramolecular Hbond substituents is 1. The minimum Gasteiger partial charge on any atom is -0.507 e. The van der Waals surface area contributed by atoms with Gasteiger partial charge in [-0.1, -0.05) is 77.3 Å². The van der Waals surface area contributed by atoms with E-state index in [0.717, 1.165) is 21.1 Å². The molecule has 3 fully saturated rings. The smallest absolute Gasteiger partial charge is 0.433 e. The highest BCUT2D eigenvalue weighted by molar-refractivity contribution is 6.33. The number of phenols is 1. The molecule has 10 nitrogen and oxygen atoms in total. The van der Waals surface area contributed by atoms with Crippen molar-refractivity contribution in [2.45, 2.75) is 30.4 Å². The van der Waals surface area contributed by atoms with Crippen LogP contribution in [0.25, 0.3) is 10.8 Å². The molecule has 2 aliphatic carbocycles. The fraction of sp³-hybridized carbons (Fsp3) is 0.233. The van der Waals surface area contributed by atoms with Crippen LogP contribution in [0.1, 0.15) is 35.6 Å². The molecule has 59 heavy (non-hydrogen) atoms. The predicted octanol–water partition coefficient (Wildman–Crippen LogP) is 8.44. The van der Waals surface area contributed by atoms with Crippen molar-refractivity contribution in [2.24, 2.45) is 23.7 Å². The second-order valence-electron chi connectivity index (χ2n) is 15.1. The van der Waals surface area contributed by atoms with Gasteiger partial charge in [-0.2, -0.15) is 23.2 Å². The minimum absolute atomic E-state index is 0.0166. The third kappa shape index (κ3) is 5.78. The number of pyridine rings is 1. The number of hydrogen-bond acceptors (Lipinski definition) is 8. The number of amides is 4. The van der Waals surface area contributed by atoms with Crippen LogP contribution in [0.3, 0.4) is 0 Å². The molecule has 0 radical (unpaired) electrons. The number of alkyl halides is 3. The van der Waals surface area contributed by atoms with Gasteiger partial charge in [0.2, 0.25) is 0 Å². The van der Waals surface area contributed by atoms with Crippen molar-refractivity contribution in [3.63, 3.8) is 0 Å². The van der Waals surface area contributed by atoms with Crippen molar-refractivity contribution in [3.05, 3.63) is 141 Å². The van der Waals surface area contributed by atoms with Crippen molar-refractivity contribution < 1.29 is 41.8 Å². The van der Waals surface area contributed by atoms with Crippen molar-refractivity contribution in [2.75, 3.05) is 17.5 Å². The fourth-order valence-corrected chi connectivity index (χ4v) is 10.1. The number of allylic oxidation sites excluding steroid dienone is 2. The van der Waals surface area contributed by atoms with Crippen LogP contribution < -0.4 is 10.4 Å². The van der Waals surface area contributed by atoms with Gasteiger partial charge in [0.25, 0.3) is 23.6 Å². The molecule has 9 rings (SSSR count). The van der Waals surface area contributed by atoms with E-state index in [0.29, 0.717) is 38.6 Å². The van der Waals surface area contributed by atoms with E-state index < -0.39 is 82.1 Å². The average molecular weight is 845 g/mol. The van der Waals surface area contributed by atoms with Gasteiger partial charge in [-0.25, -0.2) is 9.37 Å². The number of benzene rings is 4. The molecule has 4 aromatic carbocycles. The summed E-state index contributed by atoms with van der Waals surface area (Å²) in [6.07, 6.45) is -3.09. The Morgan fingerprint density at radius 2 is 1.54 bits per heavy atom. The molecule has 2 N–H and O–H groups in total. The van der Waals surface area contributed by atoms with Gasteiger partial charge in [-0.05, 0) is 89.9 Å². The van der Waals surface area contributed by atoms with Crippen LogP contribution in [0.4, 0.5) is 29.1 Å². The number of hydrazine groups is 2. The molecule has 16 heteroatoms. The van der Waals surface area contributed by atoms with E-state index in [9.17, 15) is 37.1 Å². The number of fused-ring (bicyclic) bond motifs is 5. The number of nitrogens with zero attached hydrogens (tertiary/aromatic N) is 4. The zero-order valence-electron chi connectivity index (χ0n) is 30.8. The first-order chi connectivity index (χ1) is 28.1. The molecule has 1 saturated carbocycles. The van der Waals surface area contributed by atoms with Crippen molar-refractivity contribution in [3.8, 4) is 5.75 Å². The first kappa shape index (κ1) is 38.5. The van der Waals surface area contributed by atoms with Crippen LogP contribution in [0.5, 0.6) is 5.75 Å². The molecule has 3 heterocycles. The Hall–Kier alpha value is -5.99. The van der Waals surface area contributed by atoms with Gasteiger partial charge >= 0.3 is 6.18 Å². The molecule has 4 aliphatic rings. The lowest BCUT2D eigenvalue weighted by atomic mass is 9.49. The molecule has 5 aromatic rings. The largest absolute Gasteiger partial charge is 0.507 e. The van der Waals surface area contributed by atoms with Crippen LogP contribution >= 0.6 is 23.2 Å². The van der Waals surface area contributed by atoms with Gasteiger partial charge in [-0.3, -0.25) is 29.6 Å². The Labute approximate surface area is 343 Å². The monoisotopic (exact) mass is 843 g/mol. The maximum absolute atomic E-state index is 15.5. The molecular weight excluding hydrogens is 813 g/mol. The van der Waals surface area contributed by atoms with E-state index in [2.05, 4.69) is 10.4 Å². The summed E-state index contributed by atoms with van der Waals surface area (Å²) in [5.74, 6) is -8.81. The molecule has 4 amide bonds. The highest BCUT2D eigenvalue weighted by atomic mass is 35.5. The summed E-state index contributed by atoms with van der Waals surface area (Å²) in [5.41, 5.74) is 1.78. The Morgan fingerprint density at radius 1 is 0.847 bits per heavy atom. The first-order valence-electron chi connectivity index (χ1n) is 18.5. The number of carbonyl (C=O) groups excluding carboxylic acids is 4. The molecule has 300 valence electrons. The van der Waals surface area contributed by atoms with Crippen molar-refractivity contribution >= 4 is 69.1 Å². The lowest BCUT2D eigenvalue weighted by molar-refractivity contribution is -0.142. The normalized spacial score (nSPS) is 25.2. The van der Waals surface area contributed by atoms with Crippen LogP contribution in [-0.2, 0) is 30.8 Å². The maximum Gasteiger partial charge on any atom is 0.433 e. The fourth-order valence-electron chi connectivity index (χ4n) is 9.75. The zero-order chi connectivity index (χ0) is 41.7. The van der Waals surface area contributed by atoms with Crippen LogP contribution in [0.15, 0.2) is 109 Å². The predicted molar refractivity (Wildman–Crippen MR) is 209 cm³/mol. The topological polar surface area (TPSA) is 123 Å². The highest BCUT2D eigenvalue weighted by Crippen LogP contribution is 2.65. The van der Waals surface area contributed by atoms with Crippen molar-refractivity contribution in [1.29, 1.82) is 0 Å². The van der Waals surface area contributed by atoms with Gasteiger partial charge in [-0.15, -0.1) is 0 Å². The maximum atomic E-state index is 15.5. The van der Waals surface area contributed by atoms with Gasteiger partial charge in [0.15, 0.2) is 5.82 Å². The molecule has 0 unspecified atom stereocenters. The average Bonchev–Trinajstić information content (AvgIpc) is 3.59. The second-order valence-corrected chi connectivity index (χ2v) is 15.9. The van der Waals surface area contributed by atoms with Crippen LogP contribution in [0.2, 0.25) is 10.0 Å². The number of rotatable bonds is 6. The summed E-state index contributed by atoms with van der Waals surface area (Å²) in [7, 11) is 1.23. The number of aromatic nitrogens is 1. The third-order valence-corrected chi connectivity index (χ3v) is 12.8. The third-order valence-electron chi connectivity index (χ3n) is 12.2. The lowest BCUT2D eigenvalue weighted by Crippen LogP contribution is -2.53. The van der Waals surface area contributed by atoms with Gasteiger partial charge < -0.3 is 5.11 Å². The molecule has 2 saturated heterocycles. The molecule has 1 aromatic heterocycles. The summed E-state index contributed by atoms with van der Waals surface area (Å²) in [4.78, 5) is 63.2. The molecule has 2 aliphatic heterocycles. The summed E-state index contributed by atoms with van der Waals surface area (Å²) in [6, 6.07) is 23.6. The summed E-state index contributed by atoms with van der Waals surface area (Å²) < 4.78 is 55.2. The van der Waals surface area contributed by atoms with Crippen LogP contribution in [-0.4, -0.2) is 50.8 Å². The molecule has 0 bridgehead atoms. The van der Waals surface area contributed by atoms with Gasteiger partial charge in [0.05, 0.1) is 33.9 Å². The Balaban J connectivity index is 1.23. The summed E-state index contributed by atoms with van der Waals surface area (Å²) in [6.45, 7) is 0. The van der Waals surface area contributed by atoms with Crippen LogP contribution in [0, 0.1) is 29.5 Å². The Bertz CT molecular complexity index is 2640. The number of carbonyl (C=O) groups is 4. The number of nitrogens with one attached hydrogen (secondary N) is 1. The highest BCUT2D eigenvalue weighted by Gasteiger charge is 2.70. The number of imide groups is 2. The molecular formula is C43H31Cl2F4N5O5. The lowest BCUT2D eigenvalue weighted by Gasteiger charge is -2.51. The number of hydrogen-bond donors (Lipinski definition) is 2. The second kappa shape index (κ2) is 13.8. The number of halogens is 6. The van der Waals surface area contributed by atoms with E-state index in [1.165, 1.54) is 37.4 Å². The van der Waals surface area contributed by atoms with Crippen molar-refractivity contribution in [1.82, 2.24) is 15.0 Å². The molecule has 0 spiro atoms. The Kier molecular flexibility index (Phi) is 9.01. The quantitative estimate of drug-likeness (QED) is 0.0993. The van der Waals surface area contributed by atoms with Gasteiger partial charge in [0.1, 0.15) is 17.3 Å². The number of anilines is 2. The summed E-state index contributed by atoms with van der Waals surface area (Å²) in [5, 5.41) is 14.8. The standard InChI is InChI=1S/C43H31Cl2F4N5O5/c1-52(37-32(45)17-19-34(50-37)43(47,48)49)54-38(56)29-15-14-28-30(35(29)40(54)58)20-31-39(57)53(51-24-12-10-23(46)11-13-24)41(59)42(31,21-6-8-22(44)9-7-21)36(28)27-16-18-33(55)26-5-3-2-4-25(26)27/h2-14,16-19,29-31,35-36,51,55H,15,20H2,1H3/t29-,30+,31-,35-,36-,42+/m0/s1. The summed E-state index contributed by atoms with van der Waals surface area (Å²) >= 11 is 12.7. The minimum atomic E-state index is -4.84. The Morgan fingerprint density at radius 3 is 2.24 bits per heavy atom. The number of aromatic hydroxyl groups is 1. The van der Waals surface area contributed by atoms with E-state index in [4.69, 9.17) is 23.2 Å². The molecule has 6 atom stereocenters. The first-order valence-corrected chi connectivity index (χ1v) is 19.3. The van der Waals surface area contributed by atoms with Gasteiger partial charge in [0, 0.05) is 23.4 Å². The SMILES string of the molecule is CN(c1nc(C(F)(F)F)ccc1Cl)N1C(=O)[C@H]2[C@H](CC=C3[C@H]2C[C@H]2C(=O)N(Nc4ccc(F)cc4)C(=O)[C@@]2(c2ccc(Cl)cc2)[C@H]3c2ccc(O)c3ccccc23)C1=O.